The van der Waals surface area contributed by atoms with Gasteiger partial charge in [-0.1, -0.05) is 42.3 Å². The van der Waals surface area contributed by atoms with E-state index >= 15 is 0 Å². The number of allylic oxidation sites excluding steroid dienone is 2. The van der Waals surface area contributed by atoms with Gasteiger partial charge in [0.05, 0.1) is 17.3 Å². The van der Waals surface area contributed by atoms with Crippen LogP contribution in [0.1, 0.15) is 32.6 Å². The molecule has 0 heterocycles. The van der Waals surface area contributed by atoms with Crippen LogP contribution < -0.4 is 5.32 Å². The molecule has 1 aliphatic rings. The SMILES string of the molecule is CCCN(CC(=O)Nc1ccc(Cl)cc1Cl)C(=O)C1CC=CCC1. The molecule has 1 aliphatic carbocycles. The molecule has 130 valence electrons. The quantitative estimate of drug-likeness (QED) is 0.749. The fourth-order valence-electron chi connectivity index (χ4n) is 2.77. The summed E-state index contributed by atoms with van der Waals surface area (Å²) < 4.78 is 0. The molecule has 0 radical (unpaired) electrons. The number of benzene rings is 1. The van der Waals surface area contributed by atoms with Gasteiger partial charge in [-0.05, 0) is 43.9 Å². The molecule has 2 amide bonds. The van der Waals surface area contributed by atoms with Gasteiger partial charge in [-0.2, -0.15) is 0 Å². The zero-order valence-corrected chi connectivity index (χ0v) is 15.2. The molecular weight excluding hydrogens is 347 g/mol. The summed E-state index contributed by atoms with van der Waals surface area (Å²) in [5, 5.41) is 3.63. The van der Waals surface area contributed by atoms with Gasteiger partial charge in [0.15, 0.2) is 0 Å². The number of hydrogen-bond donors (Lipinski definition) is 1. The molecular formula is C18H22Cl2N2O2. The van der Waals surface area contributed by atoms with Gasteiger partial charge in [-0.3, -0.25) is 9.59 Å². The lowest BCUT2D eigenvalue weighted by atomic mass is 9.93. The molecule has 0 saturated heterocycles. The predicted molar refractivity (Wildman–Crippen MR) is 98.4 cm³/mol. The Hall–Kier alpha value is -1.52. The third-order valence-corrected chi connectivity index (χ3v) is 4.51. The summed E-state index contributed by atoms with van der Waals surface area (Å²) in [4.78, 5) is 26.6. The van der Waals surface area contributed by atoms with Crippen molar-refractivity contribution < 1.29 is 9.59 Å². The second-order valence-electron chi connectivity index (χ2n) is 5.91. The van der Waals surface area contributed by atoms with Gasteiger partial charge in [-0.25, -0.2) is 0 Å². The molecule has 6 heteroatoms. The van der Waals surface area contributed by atoms with Crippen molar-refractivity contribution in [2.24, 2.45) is 5.92 Å². The van der Waals surface area contributed by atoms with Crippen molar-refractivity contribution in [3.63, 3.8) is 0 Å². The number of amides is 2. The van der Waals surface area contributed by atoms with Crippen LogP contribution in [0.25, 0.3) is 0 Å². The van der Waals surface area contributed by atoms with E-state index in [9.17, 15) is 9.59 Å². The van der Waals surface area contributed by atoms with Crippen LogP contribution in [0.5, 0.6) is 0 Å². The molecule has 0 fully saturated rings. The second kappa shape index (κ2) is 9.09. The lowest BCUT2D eigenvalue weighted by Gasteiger charge is -2.27. The highest BCUT2D eigenvalue weighted by Crippen LogP contribution is 2.25. The average molecular weight is 369 g/mol. The molecule has 1 aromatic carbocycles. The number of hydrogen-bond acceptors (Lipinski definition) is 2. The highest BCUT2D eigenvalue weighted by atomic mass is 35.5. The first-order valence-corrected chi connectivity index (χ1v) is 8.95. The molecule has 0 spiro atoms. The summed E-state index contributed by atoms with van der Waals surface area (Å²) in [5.41, 5.74) is 0.496. The molecule has 2 rings (SSSR count). The van der Waals surface area contributed by atoms with E-state index in [1.165, 1.54) is 0 Å². The van der Waals surface area contributed by atoms with Crippen LogP contribution in [-0.2, 0) is 9.59 Å². The summed E-state index contributed by atoms with van der Waals surface area (Å²) in [6.07, 6.45) is 7.48. The van der Waals surface area contributed by atoms with Gasteiger partial charge in [0.25, 0.3) is 0 Å². The maximum absolute atomic E-state index is 12.7. The molecule has 0 bridgehead atoms. The van der Waals surface area contributed by atoms with Gasteiger partial charge >= 0.3 is 0 Å². The van der Waals surface area contributed by atoms with E-state index in [-0.39, 0.29) is 24.3 Å². The minimum atomic E-state index is -0.257. The van der Waals surface area contributed by atoms with Crippen LogP contribution in [0.15, 0.2) is 30.4 Å². The number of nitrogens with one attached hydrogen (secondary N) is 1. The van der Waals surface area contributed by atoms with Gasteiger partial charge < -0.3 is 10.2 Å². The summed E-state index contributed by atoms with van der Waals surface area (Å²) in [6.45, 7) is 2.60. The molecule has 0 aliphatic heterocycles. The predicted octanol–water partition coefficient (Wildman–Crippen LogP) is 4.53. The third-order valence-electron chi connectivity index (χ3n) is 3.96. The van der Waals surface area contributed by atoms with E-state index in [4.69, 9.17) is 23.2 Å². The molecule has 0 saturated carbocycles. The molecule has 1 unspecified atom stereocenters. The number of halogens is 2. The van der Waals surface area contributed by atoms with Gasteiger partial charge in [-0.15, -0.1) is 0 Å². The Morgan fingerprint density at radius 3 is 2.71 bits per heavy atom. The molecule has 1 aromatic rings. The minimum absolute atomic E-state index is 0.0199. The van der Waals surface area contributed by atoms with Gasteiger partial charge in [0.1, 0.15) is 0 Å². The van der Waals surface area contributed by atoms with Crippen molar-refractivity contribution in [3.8, 4) is 0 Å². The summed E-state index contributed by atoms with van der Waals surface area (Å²) in [7, 11) is 0. The van der Waals surface area contributed by atoms with E-state index in [2.05, 4.69) is 11.4 Å². The average Bonchev–Trinajstić information content (AvgIpc) is 2.57. The van der Waals surface area contributed by atoms with Crippen LogP contribution in [0.3, 0.4) is 0 Å². The molecule has 1 N–H and O–H groups in total. The fraction of sp³-hybridized carbons (Fsp3) is 0.444. The summed E-state index contributed by atoms with van der Waals surface area (Å²) in [6, 6.07) is 4.88. The number of carbonyl (C=O) groups is 2. The Bertz CT molecular complexity index is 631. The number of rotatable bonds is 6. The Morgan fingerprint density at radius 1 is 1.29 bits per heavy atom. The van der Waals surface area contributed by atoms with Crippen molar-refractivity contribution in [1.29, 1.82) is 0 Å². The van der Waals surface area contributed by atoms with E-state index in [0.717, 1.165) is 25.7 Å². The van der Waals surface area contributed by atoms with E-state index < -0.39 is 0 Å². The normalized spacial score (nSPS) is 16.7. The first-order chi connectivity index (χ1) is 11.5. The number of anilines is 1. The van der Waals surface area contributed by atoms with E-state index in [1.54, 1.807) is 23.1 Å². The van der Waals surface area contributed by atoms with Crippen molar-refractivity contribution >= 4 is 40.7 Å². The minimum Gasteiger partial charge on any atom is -0.333 e. The maximum Gasteiger partial charge on any atom is 0.244 e. The van der Waals surface area contributed by atoms with Crippen LogP contribution in [0.4, 0.5) is 5.69 Å². The second-order valence-corrected chi connectivity index (χ2v) is 6.76. The Labute approximate surface area is 152 Å². The largest absolute Gasteiger partial charge is 0.333 e. The first kappa shape index (κ1) is 18.8. The summed E-state index contributed by atoms with van der Waals surface area (Å²) in [5.74, 6) is -0.223. The molecule has 24 heavy (non-hydrogen) atoms. The van der Waals surface area contributed by atoms with E-state index in [1.807, 2.05) is 13.0 Å². The first-order valence-electron chi connectivity index (χ1n) is 8.20. The van der Waals surface area contributed by atoms with Crippen LogP contribution in [-0.4, -0.2) is 29.8 Å². The lowest BCUT2D eigenvalue weighted by Crippen LogP contribution is -2.42. The maximum atomic E-state index is 12.7. The summed E-state index contributed by atoms with van der Waals surface area (Å²) >= 11 is 11.9. The number of nitrogens with zero attached hydrogens (tertiary/aromatic N) is 1. The highest BCUT2D eigenvalue weighted by molar-refractivity contribution is 6.36. The Morgan fingerprint density at radius 2 is 2.08 bits per heavy atom. The molecule has 1 atom stereocenters. The molecule has 0 aromatic heterocycles. The van der Waals surface area contributed by atoms with Crippen LogP contribution in [0, 0.1) is 5.92 Å². The van der Waals surface area contributed by atoms with E-state index in [0.29, 0.717) is 22.3 Å². The topological polar surface area (TPSA) is 49.4 Å². The lowest BCUT2D eigenvalue weighted by molar-refractivity contribution is -0.138. The van der Waals surface area contributed by atoms with Crippen molar-refractivity contribution in [1.82, 2.24) is 4.90 Å². The van der Waals surface area contributed by atoms with Gasteiger partial charge in [0, 0.05) is 17.5 Å². The monoisotopic (exact) mass is 368 g/mol. The Balaban J connectivity index is 1.99. The van der Waals surface area contributed by atoms with Crippen LogP contribution >= 0.6 is 23.2 Å². The fourth-order valence-corrected chi connectivity index (χ4v) is 3.22. The zero-order valence-electron chi connectivity index (χ0n) is 13.7. The smallest absolute Gasteiger partial charge is 0.244 e. The van der Waals surface area contributed by atoms with Crippen molar-refractivity contribution in [2.45, 2.75) is 32.6 Å². The van der Waals surface area contributed by atoms with Gasteiger partial charge in [0.2, 0.25) is 11.8 Å². The third kappa shape index (κ3) is 5.25. The van der Waals surface area contributed by atoms with Crippen molar-refractivity contribution in [3.05, 3.63) is 40.4 Å². The van der Waals surface area contributed by atoms with Crippen LogP contribution in [0.2, 0.25) is 10.0 Å². The number of carbonyl (C=O) groups excluding carboxylic acids is 2. The standard InChI is InChI=1S/C18H22Cl2N2O2/c1-2-10-22(18(24)13-6-4-3-5-7-13)12-17(23)21-16-9-8-14(19)11-15(16)20/h3-4,8-9,11,13H,2,5-7,10,12H2,1H3,(H,21,23). The molecule has 4 nitrogen and oxygen atoms in total. The Kier molecular flexibility index (Phi) is 7.13. The highest BCUT2D eigenvalue weighted by Gasteiger charge is 2.25. The van der Waals surface area contributed by atoms with Crippen molar-refractivity contribution in [2.75, 3.05) is 18.4 Å². The zero-order chi connectivity index (χ0) is 17.5.